The summed E-state index contributed by atoms with van der Waals surface area (Å²) in [6, 6.07) is 0. The molecule has 0 aliphatic heterocycles. The van der Waals surface area contributed by atoms with E-state index in [4.69, 9.17) is 0 Å². The Morgan fingerprint density at radius 2 is 1.13 bits per heavy atom. The predicted molar refractivity (Wildman–Crippen MR) is 70.8 cm³/mol. The van der Waals surface area contributed by atoms with Crippen LogP contribution in [0.15, 0.2) is 0 Å². The third kappa shape index (κ3) is 10.7. The Kier molecular flexibility index (Phi) is 8.86. The fourth-order valence-corrected chi connectivity index (χ4v) is 4.91. The van der Waals surface area contributed by atoms with Crippen molar-refractivity contribution in [1.29, 1.82) is 0 Å². The number of hydrogen-bond donors (Lipinski definition) is 0. The second-order valence-electron chi connectivity index (χ2n) is 5.39. The van der Waals surface area contributed by atoms with Gasteiger partial charge in [-0.1, -0.05) is 0 Å². The molecular formula is C12H28GeN2. The molecule has 2 radical (unpaired) electrons. The third-order valence-electron chi connectivity index (χ3n) is 2.34. The van der Waals surface area contributed by atoms with Crippen molar-refractivity contribution in [2.45, 2.75) is 24.4 Å². The van der Waals surface area contributed by atoms with Gasteiger partial charge in [-0.05, 0) is 0 Å². The first-order chi connectivity index (χ1) is 6.91. The zero-order valence-corrected chi connectivity index (χ0v) is 13.5. The van der Waals surface area contributed by atoms with Crippen LogP contribution < -0.4 is 0 Å². The van der Waals surface area contributed by atoms with Gasteiger partial charge in [0.05, 0.1) is 0 Å². The van der Waals surface area contributed by atoms with Gasteiger partial charge in [-0.2, -0.15) is 0 Å². The minimum absolute atomic E-state index is 0.297. The van der Waals surface area contributed by atoms with Crippen LogP contribution in [-0.2, 0) is 0 Å². The molecule has 0 bridgehead atoms. The van der Waals surface area contributed by atoms with Crippen LogP contribution in [0, 0.1) is 11.8 Å². The van der Waals surface area contributed by atoms with Gasteiger partial charge >= 0.3 is 103 Å². The minimum atomic E-state index is 0.297. The van der Waals surface area contributed by atoms with E-state index >= 15 is 0 Å². The Morgan fingerprint density at radius 3 is 1.40 bits per heavy atom. The van der Waals surface area contributed by atoms with Crippen LogP contribution in [0.4, 0.5) is 0 Å². The van der Waals surface area contributed by atoms with E-state index in [1.165, 1.54) is 23.6 Å². The second kappa shape index (κ2) is 8.60. The molecule has 0 aliphatic carbocycles. The molecule has 0 saturated carbocycles. The summed E-state index contributed by atoms with van der Waals surface area (Å²) in [5.41, 5.74) is 0. The van der Waals surface area contributed by atoms with Gasteiger partial charge in [0.2, 0.25) is 0 Å². The van der Waals surface area contributed by atoms with E-state index < -0.39 is 0 Å². The van der Waals surface area contributed by atoms with Crippen molar-refractivity contribution in [2.24, 2.45) is 11.8 Å². The van der Waals surface area contributed by atoms with Crippen molar-refractivity contribution in [1.82, 2.24) is 9.80 Å². The van der Waals surface area contributed by atoms with Crippen molar-refractivity contribution < 1.29 is 0 Å². The molecule has 0 N–H and O–H groups in total. The molecule has 3 heteroatoms. The van der Waals surface area contributed by atoms with E-state index in [0.717, 1.165) is 11.8 Å². The van der Waals surface area contributed by atoms with Crippen LogP contribution in [0.1, 0.15) is 13.8 Å². The summed E-state index contributed by atoms with van der Waals surface area (Å²) >= 11 is 0.297. The van der Waals surface area contributed by atoms with E-state index in [1.807, 2.05) is 0 Å². The zero-order chi connectivity index (χ0) is 11.8. The number of hydrogen-bond acceptors (Lipinski definition) is 2. The number of rotatable bonds is 8. The standard InChI is InChI=1S/C12H28GeN2/c1-11(9-14(3)4)7-13-8-12(2)10-15(5)6/h11-12H,7-10H2,1-6H3. The monoisotopic (exact) mass is 274 g/mol. The molecule has 0 aliphatic rings. The molecule has 2 atom stereocenters. The van der Waals surface area contributed by atoms with Crippen molar-refractivity contribution in [2.75, 3.05) is 41.3 Å². The normalized spacial score (nSPS) is 16.0. The van der Waals surface area contributed by atoms with Crippen LogP contribution in [0.25, 0.3) is 0 Å². The molecule has 0 rings (SSSR count). The molecule has 0 fully saturated rings. The number of nitrogens with zero attached hydrogens (tertiary/aromatic N) is 2. The Bertz CT molecular complexity index is 133. The van der Waals surface area contributed by atoms with Gasteiger partial charge in [0, 0.05) is 0 Å². The first kappa shape index (κ1) is 15.5. The van der Waals surface area contributed by atoms with Gasteiger partial charge in [-0.25, -0.2) is 0 Å². The quantitative estimate of drug-likeness (QED) is 0.623. The first-order valence-corrected chi connectivity index (χ1v) is 8.88. The zero-order valence-electron chi connectivity index (χ0n) is 11.4. The predicted octanol–water partition coefficient (Wildman–Crippen LogP) is 1.92. The third-order valence-corrected chi connectivity index (χ3v) is 6.47. The summed E-state index contributed by atoms with van der Waals surface area (Å²) in [5, 5.41) is 2.99. The average molecular weight is 273 g/mol. The maximum atomic E-state index is 2.39. The first-order valence-electron chi connectivity index (χ1n) is 5.92. The Morgan fingerprint density at radius 1 is 0.800 bits per heavy atom. The molecule has 90 valence electrons. The van der Waals surface area contributed by atoms with E-state index in [9.17, 15) is 0 Å². The average Bonchev–Trinajstić information content (AvgIpc) is 2.00. The van der Waals surface area contributed by atoms with Crippen molar-refractivity contribution in [3.05, 3.63) is 0 Å². The fourth-order valence-electron chi connectivity index (χ4n) is 1.95. The van der Waals surface area contributed by atoms with Crippen LogP contribution in [0.3, 0.4) is 0 Å². The van der Waals surface area contributed by atoms with Gasteiger partial charge in [0.15, 0.2) is 0 Å². The van der Waals surface area contributed by atoms with Crippen molar-refractivity contribution >= 4 is 15.4 Å². The van der Waals surface area contributed by atoms with Gasteiger partial charge in [-0.3, -0.25) is 0 Å². The fraction of sp³-hybridized carbons (Fsp3) is 1.00. The van der Waals surface area contributed by atoms with Crippen LogP contribution in [0.2, 0.25) is 10.5 Å². The Balaban J connectivity index is 3.44. The molecule has 15 heavy (non-hydrogen) atoms. The molecule has 0 aromatic carbocycles. The van der Waals surface area contributed by atoms with E-state index in [1.54, 1.807) is 0 Å². The maximum absolute atomic E-state index is 2.39. The molecule has 2 unspecified atom stereocenters. The van der Waals surface area contributed by atoms with Crippen LogP contribution >= 0.6 is 0 Å². The van der Waals surface area contributed by atoms with E-state index in [2.05, 4.69) is 51.8 Å². The van der Waals surface area contributed by atoms with Crippen molar-refractivity contribution in [3.63, 3.8) is 0 Å². The van der Waals surface area contributed by atoms with Crippen LogP contribution in [0.5, 0.6) is 0 Å². The van der Waals surface area contributed by atoms with Crippen molar-refractivity contribution in [3.8, 4) is 0 Å². The summed E-state index contributed by atoms with van der Waals surface area (Å²) in [6.07, 6.45) is 0. The van der Waals surface area contributed by atoms with E-state index in [0.29, 0.717) is 15.4 Å². The summed E-state index contributed by atoms with van der Waals surface area (Å²) in [5.74, 6) is 1.79. The topological polar surface area (TPSA) is 6.48 Å². The molecule has 0 amide bonds. The molecular weight excluding hydrogens is 245 g/mol. The molecule has 0 aromatic heterocycles. The van der Waals surface area contributed by atoms with Gasteiger partial charge in [-0.15, -0.1) is 0 Å². The molecule has 0 heterocycles. The molecule has 2 nitrogen and oxygen atoms in total. The second-order valence-corrected chi connectivity index (χ2v) is 8.16. The molecule has 0 saturated heterocycles. The summed E-state index contributed by atoms with van der Waals surface area (Å²) in [7, 11) is 8.69. The van der Waals surface area contributed by atoms with Crippen LogP contribution in [-0.4, -0.2) is 66.5 Å². The Labute approximate surface area is 103 Å². The SMILES string of the molecule is CC([CH2][Ge][CH2]C(C)CN(C)C)CN(C)C. The summed E-state index contributed by atoms with van der Waals surface area (Å²) in [6.45, 7) is 7.29. The summed E-state index contributed by atoms with van der Waals surface area (Å²) < 4.78 is 0. The van der Waals surface area contributed by atoms with E-state index in [-0.39, 0.29) is 0 Å². The summed E-state index contributed by atoms with van der Waals surface area (Å²) in [4.78, 5) is 4.61. The van der Waals surface area contributed by atoms with Gasteiger partial charge in [0.25, 0.3) is 0 Å². The molecule has 0 aromatic rings. The Hall–Kier alpha value is 0.463. The molecule has 0 spiro atoms. The van der Waals surface area contributed by atoms with Gasteiger partial charge < -0.3 is 0 Å². The van der Waals surface area contributed by atoms with Gasteiger partial charge in [0.1, 0.15) is 0 Å².